The predicted octanol–water partition coefficient (Wildman–Crippen LogP) is 3.03. The third kappa shape index (κ3) is 4.97. The molecule has 0 fully saturated rings. The number of nitrogens with zero attached hydrogens (tertiary/aromatic N) is 1. The normalized spacial score (nSPS) is 19.7. The van der Waals surface area contributed by atoms with E-state index in [2.05, 4.69) is 10.6 Å². The number of allylic oxidation sites excluding steroid dienone is 1. The molecule has 0 aromatic heterocycles. The molecule has 10 nitrogen and oxygen atoms in total. The van der Waals surface area contributed by atoms with Crippen molar-refractivity contribution in [1.82, 2.24) is 5.32 Å². The van der Waals surface area contributed by atoms with E-state index in [0.29, 0.717) is 5.69 Å². The van der Waals surface area contributed by atoms with Crippen LogP contribution in [0.15, 0.2) is 71.3 Å². The molecule has 0 aliphatic heterocycles. The van der Waals surface area contributed by atoms with Crippen molar-refractivity contribution in [3.05, 3.63) is 87.7 Å². The van der Waals surface area contributed by atoms with Crippen LogP contribution in [-0.2, 0) is 24.1 Å². The van der Waals surface area contributed by atoms with E-state index in [1.54, 1.807) is 0 Å². The summed E-state index contributed by atoms with van der Waals surface area (Å²) in [6, 6.07) is 9.57. The van der Waals surface area contributed by atoms with E-state index < -0.39 is 42.2 Å². The number of carbonyl (C=O) groups is 1. The number of rotatable bonds is 9. The van der Waals surface area contributed by atoms with Crippen LogP contribution in [0.5, 0.6) is 0 Å². The summed E-state index contributed by atoms with van der Waals surface area (Å²) in [5.74, 6) is -0.211. The number of carbonyl (C=O) groups excluding carboxylic acids is 1. The molecule has 11 heteroatoms. The first-order valence-electron chi connectivity index (χ1n) is 10.6. The molecule has 0 radical (unpaired) electrons. The van der Waals surface area contributed by atoms with E-state index in [0.717, 1.165) is 23.3 Å². The van der Waals surface area contributed by atoms with Gasteiger partial charge in [-0.15, -0.1) is 0 Å². The molecule has 2 aromatic rings. The molecule has 1 amide bonds. The first kappa shape index (κ1) is 26.1. The lowest BCUT2D eigenvalue weighted by Crippen LogP contribution is -2.57. The SMILES string of the molecule is COC1=CC(OC)(S(=O)(=O)c2ccccc2[N+](=O)[O-])C(NCC(=O)Nc2c(C)cccc2C)C=C1. The van der Waals surface area contributed by atoms with Gasteiger partial charge in [0.1, 0.15) is 10.7 Å². The fourth-order valence-corrected chi connectivity index (χ4v) is 5.95. The molecule has 2 aromatic carbocycles. The number of sulfone groups is 1. The summed E-state index contributed by atoms with van der Waals surface area (Å²) < 4.78 is 38.5. The zero-order valence-electron chi connectivity index (χ0n) is 19.8. The third-order valence-electron chi connectivity index (χ3n) is 5.78. The van der Waals surface area contributed by atoms with Crippen LogP contribution >= 0.6 is 0 Å². The summed E-state index contributed by atoms with van der Waals surface area (Å²) in [7, 11) is -1.99. The van der Waals surface area contributed by atoms with Gasteiger partial charge < -0.3 is 14.8 Å². The van der Waals surface area contributed by atoms with Crippen LogP contribution in [0.4, 0.5) is 11.4 Å². The molecule has 35 heavy (non-hydrogen) atoms. The summed E-state index contributed by atoms with van der Waals surface area (Å²) in [5.41, 5.74) is 1.85. The van der Waals surface area contributed by atoms with Gasteiger partial charge in [-0.05, 0) is 37.1 Å². The van der Waals surface area contributed by atoms with Gasteiger partial charge in [-0.3, -0.25) is 20.2 Å². The number of anilines is 1. The number of benzene rings is 2. The zero-order valence-corrected chi connectivity index (χ0v) is 20.6. The highest BCUT2D eigenvalue weighted by Crippen LogP contribution is 2.39. The van der Waals surface area contributed by atoms with Crippen molar-refractivity contribution in [3.63, 3.8) is 0 Å². The van der Waals surface area contributed by atoms with Gasteiger partial charge in [0.15, 0.2) is 0 Å². The molecule has 0 saturated heterocycles. The molecule has 2 atom stereocenters. The minimum absolute atomic E-state index is 0.187. The zero-order chi connectivity index (χ0) is 25.8. The van der Waals surface area contributed by atoms with Gasteiger partial charge in [0.25, 0.3) is 5.69 Å². The lowest BCUT2D eigenvalue weighted by molar-refractivity contribution is -0.387. The van der Waals surface area contributed by atoms with Crippen molar-refractivity contribution >= 4 is 27.1 Å². The Morgan fingerprint density at radius 1 is 1.11 bits per heavy atom. The van der Waals surface area contributed by atoms with E-state index in [1.165, 1.54) is 44.6 Å². The lowest BCUT2D eigenvalue weighted by Gasteiger charge is -2.37. The van der Waals surface area contributed by atoms with Crippen LogP contribution in [-0.4, -0.2) is 51.0 Å². The highest BCUT2D eigenvalue weighted by atomic mass is 32.2. The number of amides is 1. The average molecular weight is 502 g/mol. The number of nitrogens with one attached hydrogen (secondary N) is 2. The monoisotopic (exact) mass is 501 g/mol. The summed E-state index contributed by atoms with van der Waals surface area (Å²) in [6.45, 7) is 3.48. The highest BCUT2D eigenvalue weighted by molar-refractivity contribution is 7.93. The second kappa shape index (κ2) is 10.4. The fraction of sp³-hybridized carbons (Fsp3) is 0.292. The Kier molecular flexibility index (Phi) is 7.73. The molecule has 0 bridgehead atoms. The van der Waals surface area contributed by atoms with Crippen molar-refractivity contribution in [3.8, 4) is 0 Å². The van der Waals surface area contributed by atoms with E-state index in [1.807, 2.05) is 32.0 Å². The number of ether oxygens (including phenoxy) is 2. The molecular formula is C24H27N3O7S. The minimum Gasteiger partial charge on any atom is -0.497 e. The Morgan fingerprint density at radius 3 is 2.37 bits per heavy atom. The number of nitro benzene ring substituents is 1. The van der Waals surface area contributed by atoms with Gasteiger partial charge >= 0.3 is 0 Å². The van der Waals surface area contributed by atoms with Gasteiger partial charge in [0.2, 0.25) is 20.7 Å². The van der Waals surface area contributed by atoms with Gasteiger partial charge in [-0.1, -0.05) is 36.4 Å². The lowest BCUT2D eigenvalue weighted by atomic mass is 10.0. The highest BCUT2D eigenvalue weighted by Gasteiger charge is 2.53. The molecule has 1 aliphatic carbocycles. The topological polar surface area (TPSA) is 137 Å². The Morgan fingerprint density at radius 2 is 1.77 bits per heavy atom. The number of hydrogen-bond donors (Lipinski definition) is 2. The molecule has 0 heterocycles. The van der Waals surface area contributed by atoms with Crippen molar-refractivity contribution < 1.29 is 27.6 Å². The number of methoxy groups -OCH3 is 2. The van der Waals surface area contributed by atoms with Crippen molar-refractivity contribution in [2.75, 3.05) is 26.1 Å². The second-order valence-electron chi connectivity index (χ2n) is 7.94. The van der Waals surface area contributed by atoms with Crippen LogP contribution in [0.25, 0.3) is 0 Å². The van der Waals surface area contributed by atoms with Crippen LogP contribution < -0.4 is 10.6 Å². The number of aryl methyl sites for hydroxylation is 2. The largest absolute Gasteiger partial charge is 0.497 e. The molecule has 3 rings (SSSR count). The Bertz CT molecular complexity index is 1280. The molecule has 0 spiro atoms. The van der Waals surface area contributed by atoms with Gasteiger partial charge in [0, 0.05) is 24.9 Å². The molecule has 0 saturated carbocycles. The maximum absolute atomic E-state index is 13.9. The third-order valence-corrected chi connectivity index (χ3v) is 8.09. The summed E-state index contributed by atoms with van der Waals surface area (Å²) in [4.78, 5) is 20.9. The smallest absolute Gasteiger partial charge is 0.288 e. The molecule has 2 unspecified atom stereocenters. The van der Waals surface area contributed by atoms with Crippen LogP contribution in [0.3, 0.4) is 0 Å². The Balaban J connectivity index is 1.97. The molecule has 2 N–H and O–H groups in total. The van der Waals surface area contributed by atoms with Gasteiger partial charge in [-0.2, -0.15) is 0 Å². The van der Waals surface area contributed by atoms with Crippen LogP contribution in [0, 0.1) is 24.0 Å². The maximum Gasteiger partial charge on any atom is 0.288 e. The van der Waals surface area contributed by atoms with Crippen LogP contribution in [0.2, 0.25) is 0 Å². The van der Waals surface area contributed by atoms with Crippen molar-refractivity contribution in [2.45, 2.75) is 29.7 Å². The fourth-order valence-electron chi connectivity index (χ4n) is 3.94. The predicted molar refractivity (Wildman–Crippen MR) is 131 cm³/mol. The van der Waals surface area contributed by atoms with Gasteiger partial charge in [0.05, 0.1) is 24.6 Å². The maximum atomic E-state index is 13.9. The van der Waals surface area contributed by atoms with Gasteiger partial charge in [-0.25, -0.2) is 8.42 Å². The standard InChI is InChI=1S/C24H27N3O7S/c1-16-8-7-9-17(2)23(16)26-22(28)15-25-21-13-12-18(33-3)14-24(21,34-4)35(31,32)20-11-6-5-10-19(20)27(29)30/h5-14,21,25H,15H2,1-4H3,(H,26,28). The molecular weight excluding hydrogens is 474 g/mol. The summed E-state index contributed by atoms with van der Waals surface area (Å²) >= 11 is 0. The minimum atomic E-state index is -4.53. The second-order valence-corrected chi connectivity index (χ2v) is 10.0. The number of hydrogen-bond acceptors (Lipinski definition) is 8. The summed E-state index contributed by atoms with van der Waals surface area (Å²) in [5, 5.41) is 17.3. The molecule has 186 valence electrons. The Labute approximate surface area is 203 Å². The first-order valence-corrected chi connectivity index (χ1v) is 12.1. The summed E-state index contributed by atoms with van der Waals surface area (Å²) in [6.07, 6.45) is 4.26. The van der Waals surface area contributed by atoms with E-state index >= 15 is 0 Å². The van der Waals surface area contributed by atoms with E-state index in [9.17, 15) is 23.3 Å². The Hall–Kier alpha value is -3.54. The van der Waals surface area contributed by atoms with Crippen molar-refractivity contribution in [1.29, 1.82) is 0 Å². The van der Waals surface area contributed by atoms with E-state index in [-0.39, 0.29) is 12.3 Å². The number of para-hydroxylation sites is 2. The van der Waals surface area contributed by atoms with E-state index in [4.69, 9.17) is 9.47 Å². The van der Waals surface area contributed by atoms with Crippen molar-refractivity contribution in [2.24, 2.45) is 0 Å². The van der Waals surface area contributed by atoms with Crippen LogP contribution in [0.1, 0.15) is 11.1 Å². The molecule has 1 aliphatic rings. The average Bonchev–Trinajstić information content (AvgIpc) is 2.84. The number of nitro groups is 1. The quantitative estimate of drug-likeness (QED) is 0.395. The first-order chi connectivity index (χ1) is 16.6.